The number of carbonyl (C=O) groups excluding carboxylic acids is 1. The summed E-state index contributed by atoms with van der Waals surface area (Å²) in [7, 11) is 0. The van der Waals surface area contributed by atoms with Crippen LogP contribution in [0.5, 0.6) is 0 Å². The first-order chi connectivity index (χ1) is 9.93. The van der Waals surface area contributed by atoms with Gasteiger partial charge in [0.25, 0.3) is 5.91 Å². The maximum absolute atomic E-state index is 12.1. The zero-order valence-electron chi connectivity index (χ0n) is 12.6. The third-order valence-electron chi connectivity index (χ3n) is 3.75. The third kappa shape index (κ3) is 3.15. The molecule has 0 bridgehead atoms. The van der Waals surface area contributed by atoms with Crippen LogP contribution in [0.1, 0.15) is 61.3 Å². The average molecular weight is 284 g/mol. The van der Waals surface area contributed by atoms with Gasteiger partial charge in [0, 0.05) is 17.7 Å². The van der Waals surface area contributed by atoms with Crippen molar-refractivity contribution in [2.24, 2.45) is 0 Å². The highest BCUT2D eigenvalue weighted by molar-refractivity contribution is 6.02. The third-order valence-corrected chi connectivity index (χ3v) is 3.75. The van der Waals surface area contributed by atoms with Gasteiger partial charge in [0.1, 0.15) is 5.76 Å². The number of anilines is 1. The van der Waals surface area contributed by atoms with Crippen LogP contribution < -0.4 is 5.32 Å². The molecule has 3 rings (SSSR count). The highest BCUT2D eigenvalue weighted by Crippen LogP contribution is 2.40. The molecule has 1 amide bonds. The van der Waals surface area contributed by atoms with Crippen molar-refractivity contribution in [1.82, 2.24) is 5.16 Å². The zero-order chi connectivity index (χ0) is 15.0. The molecule has 21 heavy (non-hydrogen) atoms. The Morgan fingerprint density at radius 2 is 1.90 bits per heavy atom. The van der Waals surface area contributed by atoms with Crippen molar-refractivity contribution >= 4 is 11.6 Å². The number of hydrogen-bond donors (Lipinski definition) is 1. The van der Waals surface area contributed by atoms with Gasteiger partial charge in [-0.15, -0.1) is 0 Å². The van der Waals surface area contributed by atoms with Crippen LogP contribution in [0, 0.1) is 0 Å². The topological polar surface area (TPSA) is 55.1 Å². The van der Waals surface area contributed by atoms with Gasteiger partial charge in [-0.2, -0.15) is 0 Å². The lowest BCUT2D eigenvalue weighted by molar-refractivity contribution is 0.101. The summed E-state index contributed by atoms with van der Waals surface area (Å²) in [5.41, 5.74) is 2.45. The van der Waals surface area contributed by atoms with E-state index in [4.69, 9.17) is 4.52 Å². The molecular weight excluding hydrogens is 264 g/mol. The summed E-state index contributed by atoms with van der Waals surface area (Å²) in [5, 5.41) is 6.69. The summed E-state index contributed by atoms with van der Waals surface area (Å²) in [6, 6.07) is 9.65. The summed E-state index contributed by atoms with van der Waals surface area (Å²) in [6.45, 7) is 6.49. The smallest absolute Gasteiger partial charge is 0.277 e. The Morgan fingerprint density at radius 3 is 2.48 bits per heavy atom. The number of benzene rings is 1. The quantitative estimate of drug-likeness (QED) is 0.923. The summed E-state index contributed by atoms with van der Waals surface area (Å²) in [5.74, 6) is 1.06. The number of amides is 1. The second kappa shape index (κ2) is 5.02. The molecule has 2 aromatic rings. The Kier molecular flexibility index (Phi) is 3.32. The van der Waals surface area contributed by atoms with Crippen molar-refractivity contribution in [1.29, 1.82) is 0 Å². The Morgan fingerprint density at radius 1 is 1.24 bits per heavy atom. The minimum Gasteiger partial charge on any atom is -0.360 e. The van der Waals surface area contributed by atoms with Gasteiger partial charge < -0.3 is 9.84 Å². The van der Waals surface area contributed by atoms with Gasteiger partial charge in [-0.1, -0.05) is 38.1 Å². The van der Waals surface area contributed by atoms with Gasteiger partial charge in [-0.3, -0.25) is 4.79 Å². The van der Waals surface area contributed by atoms with Crippen LogP contribution in [-0.2, 0) is 5.41 Å². The highest BCUT2D eigenvalue weighted by atomic mass is 16.5. The minimum absolute atomic E-state index is 0.105. The van der Waals surface area contributed by atoms with Crippen molar-refractivity contribution in [3.63, 3.8) is 0 Å². The molecule has 1 aromatic carbocycles. The van der Waals surface area contributed by atoms with E-state index in [1.165, 1.54) is 5.56 Å². The number of hydrogen-bond acceptors (Lipinski definition) is 3. The van der Waals surface area contributed by atoms with E-state index in [9.17, 15) is 4.79 Å². The van der Waals surface area contributed by atoms with Crippen molar-refractivity contribution < 1.29 is 9.32 Å². The molecule has 0 radical (unpaired) electrons. The summed E-state index contributed by atoms with van der Waals surface area (Å²) in [6.07, 6.45) is 2.26. The second-order valence-electron chi connectivity index (χ2n) is 6.67. The maximum Gasteiger partial charge on any atom is 0.277 e. The van der Waals surface area contributed by atoms with Gasteiger partial charge in [0.2, 0.25) is 0 Å². The fourth-order valence-electron chi connectivity index (χ4n) is 2.21. The predicted octanol–water partition coefficient (Wildman–Crippen LogP) is 4.10. The normalized spacial score (nSPS) is 15.0. The van der Waals surface area contributed by atoms with E-state index >= 15 is 0 Å². The molecule has 0 atom stereocenters. The zero-order valence-corrected chi connectivity index (χ0v) is 12.6. The summed E-state index contributed by atoms with van der Waals surface area (Å²) in [4.78, 5) is 12.1. The van der Waals surface area contributed by atoms with Crippen LogP contribution in [0.4, 0.5) is 5.69 Å². The van der Waals surface area contributed by atoms with Crippen molar-refractivity contribution in [3.05, 3.63) is 47.3 Å². The molecule has 0 aliphatic heterocycles. The Hall–Kier alpha value is -2.10. The molecule has 0 spiro atoms. The number of carbonyl (C=O) groups is 1. The number of nitrogens with one attached hydrogen (secondary N) is 1. The van der Waals surface area contributed by atoms with E-state index in [-0.39, 0.29) is 11.3 Å². The predicted molar refractivity (Wildman–Crippen MR) is 81.6 cm³/mol. The van der Waals surface area contributed by atoms with Crippen LogP contribution >= 0.6 is 0 Å². The maximum atomic E-state index is 12.1. The van der Waals surface area contributed by atoms with Gasteiger partial charge in [0.05, 0.1) is 0 Å². The number of rotatable bonds is 3. The number of nitrogens with zero attached hydrogens (tertiary/aromatic N) is 1. The number of aromatic nitrogens is 1. The molecule has 1 saturated carbocycles. The van der Waals surface area contributed by atoms with Gasteiger partial charge >= 0.3 is 0 Å². The lowest BCUT2D eigenvalue weighted by atomic mass is 9.87. The first kappa shape index (κ1) is 13.9. The van der Waals surface area contributed by atoms with Gasteiger partial charge in [-0.05, 0) is 36.0 Å². The summed E-state index contributed by atoms with van der Waals surface area (Å²) < 4.78 is 5.20. The van der Waals surface area contributed by atoms with E-state index in [1.54, 1.807) is 6.07 Å². The monoisotopic (exact) mass is 284 g/mol. The van der Waals surface area contributed by atoms with Gasteiger partial charge in [-0.25, -0.2) is 0 Å². The SMILES string of the molecule is CC(C)(C)c1ccc(NC(=O)c2cc(C3CC3)on2)cc1. The van der Waals surface area contributed by atoms with Gasteiger partial charge in [0.15, 0.2) is 5.69 Å². The van der Waals surface area contributed by atoms with Crippen molar-refractivity contribution in [2.45, 2.75) is 44.9 Å². The molecule has 1 heterocycles. The van der Waals surface area contributed by atoms with E-state index in [0.717, 1.165) is 24.3 Å². The largest absolute Gasteiger partial charge is 0.360 e. The molecule has 1 fully saturated rings. The highest BCUT2D eigenvalue weighted by Gasteiger charge is 2.28. The Balaban J connectivity index is 1.68. The van der Waals surface area contributed by atoms with Crippen LogP contribution in [0.2, 0.25) is 0 Å². The fourth-order valence-corrected chi connectivity index (χ4v) is 2.21. The first-order valence-electron chi connectivity index (χ1n) is 7.32. The van der Waals surface area contributed by atoms with Crippen LogP contribution in [-0.4, -0.2) is 11.1 Å². The molecule has 1 aliphatic rings. The molecule has 110 valence electrons. The summed E-state index contributed by atoms with van der Waals surface area (Å²) >= 11 is 0. The molecule has 4 heteroatoms. The van der Waals surface area contributed by atoms with E-state index in [2.05, 4.69) is 31.2 Å². The minimum atomic E-state index is -0.228. The van der Waals surface area contributed by atoms with Crippen LogP contribution in [0.3, 0.4) is 0 Å². The van der Waals surface area contributed by atoms with Crippen LogP contribution in [0.25, 0.3) is 0 Å². The second-order valence-corrected chi connectivity index (χ2v) is 6.67. The van der Waals surface area contributed by atoms with E-state index in [1.807, 2.05) is 24.3 Å². The standard InChI is InChI=1S/C17H20N2O2/c1-17(2,3)12-6-8-13(9-7-12)18-16(20)14-10-15(21-19-14)11-4-5-11/h6-11H,4-5H2,1-3H3,(H,18,20). The molecule has 0 unspecified atom stereocenters. The van der Waals surface area contributed by atoms with E-state index in [0.29, 0.717) is 11.6 Å². The lowest BCUT2D eigenvalue weighted by Crippen LogP contribution is -2.13. The molecule has 4 nitrogen and oxygen atoms in total. The Labute approximate surface area is 124 Å². The first-order valence-corrected chi connectivity index (χ1v) is 7.32. The van der Waals surface area contributed by atoms with Crippen molar-refractivity contribution in [3.8, 4) is 0 Å². The Bertz CT molecular complexity index is 646. The van der Waals surface area contributed by atoms with Crippen molar-refractivity contribution in [2.75, 3.05) is 5.32 Å². The fraction of sp³-hybridized carbons (Fsp3) is 0.412. The lowest BCUT2D eigenvalue weighted by Gasteiger charge is -2.19. The van der Waals surface area contributed by atoms with Crippen LogP contribution in [0.15, 0.2) is 34.9 Å². The van der Waals surface area contributed by atoms with E-state index < -0.39 is 0 Å². The molecule has 0 saturated heterocycles. The molecule has 1 aromatic heterocycles. The molecular formula is C17H20N2O2. The molecule has 1 aliphatic carbocycles. The molecule has 1 N–H and O–H groups in total. The average Bonchev–Trinajstić information content (AvgIpc) is 3.16.